The van der Waals surface area contributed by atoms with Gasteiger partial charge < -0.3 is 4.90 Å². The molecule has 0 amide bonds. The fraction of sp³-hybridized carbons (Fsp3) is 0. The first-order valence-corrected chi connectivity index (χ1v) is 20.3. The lowest BCUT2D eigenvalue weighted by atomic mass is 10.00. The van der Waals surface area contributed by atoms with E-state index in [-0.39, 0.29) is 0 Å². The van der Waals surface area contributed by atoms with E-state index in [1.54, 1.807) is 0 Å². The van der Waals surface area contributed by atoms with Gasteiger partial charge in [0.1, 0.15) is 0 Å². The van der Waals surface area contributed by atoms with Gasteiger partial charge in [0.2, 0.25) is 0 Å². The molecule has 0 N–H and O–H groups in total. The molecule has 3 heteroatoms. The summed E-state index contributed by atoms with van der Waals surface area (Å²) in [4.78, 5) is 2.39. The second-order valence-electron chi connectivity index (χ2n) is 14.1. The van der Waals surface area contributed by atoms with E-state index in [0.717, 1.165) is 17.1 Å². The Labute approximate surface area is 327 Å². The Morgan fingerprint density at radius 2 is 0.818 bits per heavy atom. The second-order valence-corrected chi connectivity index (χ2v) is 16.2. The van der Waals surface area contributed by atoms with Crippen LogP contribution >= 0.6 is 22.7 Å². The maximum atomic E-state index is 2.39. The number of thiophene rings is 2. The Morgan fingerprint density at radius 1 is 0.291 bits per heavy atom. The predicted molar refractivity (Wildman–Crippen MR) is 241 cm³/mol. The fourth-order valence-electron chi connectivity index (χ4n) is 8.17. The van der Waals surface area contributed by atoms with Crippen molar-refractivity contribution in [2.75, 3.05) is 4.90 Å². The maximum Gasteiger partial charge on any atom is 0.0467 e. The Hall–Kier alpha value is -6.52. The molecule has 0 fully saturated rings. The molecule has 0 saturated carbocycles. The minimum atomic E-state index is 1.11. The molecule has 11 aromatic rings. The van der Waals surface area contributed by atoms with Crippen molar-refractivity contribution < 1.29 is 0 Å². The molecule has 0 unspecified atom stereocenters. The van der Waals surface area contributed by atoms with Gasteiger partial charge in [-0.3, -0.25) is 0 Å². The van der Waals surface area contributed by atoms with Crippen molar-refractivity contribution in [2.45, 2.75) is 0 Å². The highest BCUT2D eigenvalue weighted by Crippen LogP contribution is 2.44. The first-order chi connectivity index (χ1) is 27.2. The van der Waals surface area contributed by atoms with Crippen LogP contribution in [-0.2, 0) is 0 Å². The standard InChI is InChI=1S/C52H33NS2/c1-2-11-34(12-3-1)35-23-27-40(28-24-35)53(42-16-8-15-39(31-42)44-19-10-20-46-45-17-6-7-22-49(45)54-52(44)46)41-29-25-36(26-30-41)43-18-9-21-47-48-32-37-13-4-5-14-38(37)33-50(48)55-51(43)47/h1-33H. The SMILES string of the molecule is c1ccc(-c2ccc(N(c3ccc(-c4cccc5c4sc4cc6ccccc6cc45)cc3)c3cccc(-c4cccc5c4sc4ccccc45)c3)cc2)cc1. The van der Waals surface area contributed by atoms with Crippen LogP contribution < -0.4 is 4.90 Å². The van der Waals surface area contributed by atoms with Crippen molar-refractivity contribution in [2.24, 2.45) is 0 Å². The number of anilines is 3. The number of benzene rings is 9. The van der Waals surface area contributed by atoms with Crippen LogP contribution in [0.5, 0.6) is 0 Å². The molecule has 55 heavy (non-hydrogen) atoms. The van der Waals surface area contributed by atoms with Gasteiger partial charge in [-0.25, -0.2) is 0 Å². The van der Waals surface area contributed by atoms with Crippen LogP contribution in [0.3, 0.4) is 0 Å². The number of hydrogen-bond donors (Lipinski definition) is 0. The summed E-state index contributed by atoms with van der Waals surface area (Å²) in [6.45, 7) is 0. The van der Waals surface area contributed by atoms with E-state index in [2.05, 4.69) is 205 Å². The summed E-state index contributed by atoms with van der Waals surface area (Å²) in [6.07, 6.45) is 0. The van der Waals surface area contributed by atoms with Crippen LogP contribution in [0, 0.1) is 0 Å². The van der Waals surface area contributed by atoms with E-state index in [0.29, 0.717) is 0 Å². The average Bonchev–Trinajstić information content (AvgIpc) is 3.82. The monoisotopic (exact) mass is 735 g/mol. The normalized spacial score (nSPS) is 11.6. The summed E-state index contributed by atoms with van der Waals surface area (Å²) in [5.41, 5.74) is 10.7. The van der Waals surface area contributed by atoms with Gasteiger partial charge in [-0.15, -0.1) is 22.7 Å². The molecule has 0 aliphatic heterocycles. The highest BCUT2D eigenvalue weighted by Gasteiger charge is 2.17. The summed E-state index contributed by atoms with van der Waals surface area (Å²) in [5, 5.41) is 7.85. The Bertz CT molecular complexity index is 3190. The van der Waals surface area contributed by atoms with Crippen molar-refractivity contribution in [3.05, 3.63) is 200 Å². The summed E-state index contributed by atoms with van der Waals surface area (Å²) in [6, 6.07) is 73.3. The summed E-state index contributed by atoms with van der Waals surface area (Å²) in [7, 11) is 0. The third-order valence-corrected chi connectivity index (χ3v) is 13.3. The Kier molecular flexibility index (Phi) is 7.61. The van der Waals surface area contributed by atoms with Crippen LogP contribution in [-0.4, -0.2) is 0 Å². The second kappa shape index (κ2) is 13.1. The third kappa shape index (κ3) is 5.51. The average molecular weight is 736 g/mol. The Morgan fingerprint density at radius 3 is 1.56 bits per heavy atom. The van der Waals surface area contributed by atoms with Gasteiger partial charge in [0, 0.05) is 57.4 Å². The highest BCUT2D eigenvalue weighted by molar-refractivity contribution is 7.26. The quantitative estimate of drug-likeness (QED) is 0.164. The van der Waals surface area contributed by atoms with Crippen LogP contribution in [0.15, 0.2) is 200 Å². The van der Waals surface area contributed by atoms with Gasteiger partial charge in [0.05, 0.1) is 0 Å². The van der Waals surface area contributed by atoms with Gasteiger partial charge in [0.25, 0.3) is 0 Å². The number of nitrogens with zero attached hydrogens (tertiary/aromatic N) is 1. The number of hydrogen-bond acceptors (Lipinski definition) is 3. The smallest absolute Gasteiger partial charge is 0.0467 e. The summed E-state index contributed by atoms with van der Waals surface area (Å²) >= 11 is 3.77. The molecular formula is C52H33NS2. The fourth-order valence-corrected chi connectivity index (χ4v) is 10.7. The van der Waals surface area contributed by atoms with Crippen molar-refractivity contribution in [1.29, 1.82) is 0 Å². The number of rotatable bonds is 6. The van der Waals surface area contributed by atoms with E-state index in [1.807, 2.05) is 22.7 Å². The first-order valence-electron chi connectivity index (χ1n) is 18.7. The highest BCUT2D eigenvalue weighted by atomic mass is 32.1. The van der Waals surface area contributed by atoms with Gasteiger partial charge >= 0.3 is 0 Å². The largest absolute Gasteiger partial charge is 0.310 e. The van der Waals surface area contributed by atoms with Gasteiger partial charge in [-0.1, -0.05) is 146 Å². The molecule has 9 aromatic carbocycles. The van der Waals surface area contributed by atoms with Crippen LogP contribution in [0.4, 0.5) is 17.1 Å². The minimum Gasteiger partial charge on any atom is -0.310 e. The van der Waals surface area contributed by atoms with Crippen LogP contribution in [0.2, 0.25) is 0 Å². The molecule has 0 bridgehead atoms. The molecule has 0 atom stereocenters. The van der Waals surface area contributed by atoms with Crippen molar-refractivity contribution in [3.63, 3.8) is 0 Å². The van der Waals surface area contributed by atoms with E-state index in [1.165, 1.54) is 84.5 Å². The number of fused-ring (bicyclic) bond motifs is 7. The van der Waals surface area contributed by atoms with Gasteiger partial charge in [-0.05, 0) is 98.8 Å². The molecule has 2 heterocycles. The van der Waals surface area contributed by atoms with Crippen molar-refractivity contribution in [3.8, 4) is 33.4 Å². The minimum absolute atomic E-state index is 1.11. The topological polar surface area (TPSA) is 3.24 Å². The Balaban J connectivity index is 1.03. The van der Waals surface area contributed by atoms with Crippen LogP contribution in [0.25, 0.3) is 84.5 Å². The molecular weight excluding hydrogens is 703 g/mol. The zero-order valence-corrected chi connectivity index (χ0v) is 31.4. The van der Waals surface area contributed by atoms with E-state index in [9.17, 15) is 0 Å². The van der Waals surface area contributed by atoms with E-state index < -0.39 is 0 Å². The predicted octanol–water partition coefficient (Wildman–Crippen LogP) is 16.0. The molecule has 0 aliphatic rings. The van der Waals surface area contributed by atoms with Gasteiger partial charge in [-0.2, -0.15) is 0 Å². The van der Waals surface area contributed by atoms with E-state index >= 15 is 0 Å². The molecule has 0 spiro atoms. The molecule has 0 radical (unpaired) electrons. The molecule has 1 nitrogen and oxygen atoms in total. The van der Waals surface area contributed by atoms with Gasteiger partial charge in [0.15, 0.2) is 0 Å². The molecule has 11 rings (SSSR count). The zero-order chi connectivity index (χ0) is 36.3. The third-order valence-electron chi connectivity index (χ3n) is 10.9. The zero-order valence-electron chi connectivity index (χ0n) is 29.8. The lowest BCUT2D eigenvalue weighted by Crippen LogP contribution is -2.10. The molecule has 0 saturated heterocycles. The van der Waals surface area contributed by atoms with Crippen molar-refractivity contribution in [1.82, 2.24) is 0 Å². The molecule has 258 valence electrons. The summed E-state index contributed by atoms with van der Waals surface area (Å²) in [5.74, 6) is 0. The van der Waals surface area contributed by atoms with E-state index in [4.69, 9.17) is 0 Å². The summed E-state index contributed by atoms with van der Waals surface area (Å²) < 4.78 is 5.31. The molecule has 2 aromatic heterocycles. The first kappa shape index (κ1) is 32.0. The lowest BCUT2D eigenvalue weighted by molar-refractivity contribution is 1.28. The van der Waals surface area contributed by atoms with Crippen molar-refractivity contribution >= 4 is 90.9 Å². The maximum absolute atomic E-state index is 2.39. The lowest BCUT2D eigenvalue weighted by Gasteiger charge is -2.26. The van der Waals surface area contributed by atoms with Crippen LogP contribution in [0.1, 0.15) is 0 Å². The molecule has 0 aliphatic carbocycles.